The van der Waals surface area contributed by atoms with Crippen LogP contribution in [0.5, 0.6) is 0 Å². The largest absolute Gasteiger partial charge is 0.397 e. The summed E-state index contributed by atoms with van der Waals surface area (Å²) in [7, 11) is 3.44. The molecule has 1 heterocycles. The van der Waals surface area contributed by atoms with Gasteiger partial charge in [-0.05, 0) is 18.2 Å². The molecule has 0 spiro atoms. The van der Waals surface area contributed by atoms with Crippen molar-refractivity contribution in [1.82, 2.24) is 14.5 Å². The van der Waals surface area contributed by atoms with Crippen LogP contribution in [0.1, 0.15) is 10.4 Å². The minimum atomic E-state index is -0.0540. The summed E-state index contributed by atoms with van der Waals surface area (Å²) in [4.78, 5) is 17.3. The number of amides is 1. The van der Waals surface area contributed by atoms with E-state index in [1.807, 2.05) is 16.8 Å². The van der Waals surface area contributed by atoms with Gasteiger partial charge >= 0.3 is 0 Å². The summed E-state index contributed by atoms with van der Waals surface area (Å²) >= 11 is 0. The van der Waals surface area contributed by atoms with Crippen LogP contribution in [0, 0.1) is 0 Å². The van der Waals surface area contributed by atoms with Gasteiger partial charge in [0.15, 0.2) is 0 Å². The van der Waals surface area contributed by atoms with Gasteiger partial charge < -0.3 is 20.5 Å². The van der Waals surface area contributed by atoms with Crippen molar-refractivity contribution >= 4 is 17.3 Å². The van der Waals surface area contributed by atoms with Crippen molar-refractivity contribution in [3.63, 3.8) is 0 Å². The number of nitrogens with two attached hydrogens (primary N) is 1. The normalized spacial score (nSPS) is 10.3. The van der Waals surface area contributed by atoms with E-state index < -0.39 is 0 Å². The molecule has 0 aliphatic heterocycles. The maximum Gasteiger partial charge on any atom is 0.253 e. The molecule has 3 N–H and O–H groups in total. The van der Waals surface area contributed by atoms with Crippen molar-refractivity contribution in [2.75, 3.05) is 31.7 Å². The first-order valence-electron chi connectivity index (χ1n) is 6.38. The highest BCUT2D eigenvalue weighted by Crippen LogP contribution is 2.20. The molecular weight excluding hydrogens is 254 g/mol. The quantitative estimate of drug-likeness (QED) is 0.805. The van der Waals surface area contributed by atoms with Crippen molar-refractivity contribution in [1.29, 1.82) is 0 Å². The Hall–Kier alpha value is -2.50. The zero-order valence-corrected chi connectivity index (χ0v) is 11.7. The fourth-order valence-electron chi connectivity index (χ4n) is 1.85. The van der Waals surface area contributed by atoms with Crippen molar-refractivity contribution in [2.24, 2.45) is 0 Å². The Morgan fingerprint density at radius 3 is 2.85 bits per heavy atom. The van der Waals surface area contributed by atoms with Gasteiger partial charge in [0.2, 0.25) is 0 Å². The minimum Gasteiger partial charge on any atom is -0.397 e. The van der Waals surface area contributed by atoms with Crippen LogP contribution in [0.2, 0.25) is 0 Å². The van der Waals surface area contributed by atoms with E-state index >= 15 is 0 Å². The summed E-state index contributed by atoms with van der Waals surface area (Å²) in [6.45, 7) is 1.54. The topological polar surface area (TPSA) is 76.2 Å². The number of rotatable bonds is 5. The molecule has 0 saturated heterocycles. The minimum absolute atomic E-state index is 0.0540. The number of nitrogen functional groups attached to an aromatic ring is 1. The summed E-state index contributed by atoms with van der Waals surface area (Å²) < 4.78 is 1.98. The van der Waals surface area contributed by atoms with Crippen molar-refractivity contribution in [3.05, 3.63) is 42.5 Å². The number of carbonyl (C=O) groups is 1. The number of imidazole rings is 1. The van der Waals surface area contributed by atoms with Crippen LogP contribution in [-0.4, -0.2) is 41.0 Å². The standard InChI is InChI=1S/C14H19N5O/c1-18(2)14(20)11-3-4-13(12(15)9-11)17-6-8-19-7-5-16-10-19/h3-5,7,9-10,17H,6,8,15H2,1-2H3. The summed E-state index contributed by atoms with van der Waals surface area (Å²) in [5.41, 5.74) is 7.96. The number of carbonyl (C=O) groups excluding carboxylic acids is 1. The van der Waals surface area contributed by atoms with E-state index in [1.54, 1.807) is 38.8 Å². The second-order valence-electron chi connectivity index (χ2n) is 4.73. The summed E-state index contributed by atoms with van der Waals surface area (Å²) in [6, 6.07) is 5.31. The molecule has 6 nitrogen and oxygen atoms in total. The number of aromatic nitrogens is 2. The molecule has 106 valence electrons. The Bertz CT molecular complexity index is 577. The predicted octanol–water partition coefficient (Wildman–Crippen LogP) is 1.28. The number of hydrogen-bond donors (Lipinski definition) is 2. The molecule has 0 atom stereocenters. The van der Waals surface area contributed by atoms with Gasteiger partial charge in [-0.25, -0.2) is 4.98 Å². The highest BCUT2D eigenvalue weighted by molar-refractivity contribution is 5.95. The van der Waals surface area contributed by atoms with Crippen LogP contribution in [0.3, 0.4) is 0 Å². The Kier molecular flexibility index (Phi) is 4.24. The molecule has 1 aromatic carbocycles. The fraction of sp³-hybridized carbons (Fsp3) is 0.286. The predicted molar refractivity (Wildman–Crippen MR) is 79.6 cm³/mol. The Labute approximate surface area is 118 Å². The summed E-state index contributed by atoms with van der Waals surface area (Å²) in [5, 5.41) is 3.25. The third kappa shape index (κ3) is 3.28. The summed E-state index contributed by atoms with van der Waals surface area (Å²) in [6.07, 6.45) is 5.42. The highest BCUT2D eigenvalue weighted by Gasteiger charge is 2.09. The van der Waals surface area contributed by atoms with Gasteiger partial charge in [0.1, 0.15) is 0 Å². The average molecular weight is 273 g/mol. The average Bonchev–Trinajstić information content (AvgIpc) is 2.92. The van der Waals surface area contributed by atoms with E-state index in [2.05, 4.69) is 10.3 Å². The second-order valence-corrected chi connectivity index (χ2v) is 4.73. The van der Waals surface area contributed by atoms with E-state index in [0.717, 1.165) is 18.8 Å². The second kappa shape index (κ2) is 6.10. The monoisotopic (exact) mass is 273 g/mol. The Morgan fingerprint density at radius 2 is 2.25 bits per heavy atom. The number of benzene rings is 1. The smallest absolute Gasteiger partial charge is 0.253 e. The van der Waals surface area contributed by atoms with Gasteiger partial charge in [0.05, 0.1) is 17.7 Å². The van der Waals surface area contributed by atoms with Crippen LogP contribution >= 0.6 is 0 Å². The van der Waals surface area contributed by atoms with E-state index in [1.165, 1.54) is 4.90 Å². The van der Waals surface area contributed by atoms with Gasteiger partial charge in [-0.1, -0.05) is 0 Å². The molecule has 2 rings (SSSR count). The van der Waals surface area contributed by atoms with Gasteiger partial charge in [-0.15, -0.1) is 0 Å². The molecule has 1 amide bonds. The van der Waals surface area contributed by atoms with Crippen LogP contribution < -0.4 is 11.1 Å². The van der Waals surface area contributed by atoms with E-state index in [4.69, 9.17) is 5.73 Å². The zero-order chi connectivity index (χ0) is 14.5. The third-order valence-corrected chi connectivity index (χ3v) is 2.95. The molecule has 20 heavy (non-hydrogen) atoms. The molecule has 0 aliphatic carbocycles. The van der Waals surface area contributed by atoms with E-state index in [0.29, 0.717) is 11.3 Å². The molecule has 0 radical (unpaired) electrons. The van der Waals surface area contributed by atoms with Gasteiger partial charge in [0.25, 0.3) is 5.91 Å². The fourth-order valence-corrected chi connectivity index (χ4v) is 1.85. The van der Waals surface area contributed by atoms with Crippen LogP contribution in [-0.2, 0) is 6.54 Å². The van der Waals surface area contributed by atoms with E-state index in [9.17, 15) is 4.79 Å². The Balaban J connectivity index is 1.97. The van der Waals surface area contributed by atoms with Crippen LogP contribution in [0.15, 0.2) is 36.9 Å². The number of hydrogen-bond acceptors (Lipinski definition) is 4. The van der Waals surface area contributed by atoms with Crippen molar-refractivity contribution < 1.29 is 4.79 Å². The Morgan fingerprint density at radius 1 is 1.45 bits per heavy atom. The van der Waals surface area contributed by atoms with Gasteiger partial charge in [0, 0.05) is 45.1 Å². The van der Waals surface area contributed by atoms with Gasteiger partial charge in [-0.3, -0.25) is 4.79 Å². The molecule has 0 aliphatic rings. The zero-order valence-electron chi connectivity index (χ0n) is 11.7. The number of nitrogens with one attached hydrogen (secondary N) is 1. The molecule has 0 bridgehead atoms. The number of anilines is 2. The molecular formula is C14H19N5O. The first-order valence-corrected chi connectivity index (χ1v) is 6.38. The molecule has 0 fully saturated rings. The van der Waals surface area contributed by atoms with Crippen molar-refractivity contribution in [2.45, 2.75) is 6.54 Å². The van der Waals surface area contributed by atoms with Crippen molar-refractivity contribution in [3.8, 4) is 0 Å². The molecule has 0 saturated carbocycles. The van der Waals surface area contributed by atoms with Crippen LogP contribution in [0.25, 0.3) is 0 Å². The van der Waals surface area contributed by atoms with E-state index in [-0.39, 0.29) is 5.91 Å². The van der Waals surface area contributed by atoms with Crippen LogP contribution in [0.4, 0.5) is 11.4 Å². The lowest BCUT2D eigenvalue weighted by Gasteiger charge is -2.13. The summed E-state index contributed by atoms with van der Waals surface area (Å²) in [5.74, 6) is -0.0540. The third-order valence-electron chi connectivity index (χ3n) is 2.95. The lowest BCUT2D eigenvalue weighted by Crippen LogP contribution is -2.21. The SMILES string of the molecule is CN(C)C(=O)c1ccc(NCCn2ccnc2)c(N)c1. The number of nitrogens with zero attached hydrogens (tertiary/aromatic N) is 3. The maximum atomic E-state index is 11.8. The maximum absolute atomic E-state index is 11.8. The molecule has 1 aromatic heterocycles. The highest BCUT2D eigenvalue weighted by atomic mass is 16.2. The molecule has 0 unspecified atom stereocenters. The first-order chi connectivity index (χ1) is 9.58. The van der Waals surface area contributed by atoms with Gasteiger partial charge in [-0.2, -0.15) is 0 Å². The first kappa shape index (κ1) is 13.9. The molecule has 2 aromatic rings. The lowest BCUT2D eigenvalue weighted by atomic mass is 10.1. The lowest BCUT2D eigenvalue weighted by molar-refractivity contribution is 0.0827. The molecule has 6 heteroatoms.